The van der Waals surface area contributed by atoms with E-state index in [2.05, 4.69) is 10.1 Å². The molecule has 0 radical (unpaired) electrons. The first-order valence-electron chi connectivity index (χ1n) is 5.50. The molecule has 1 amide bonds. The maximum atomic E-state index is 11.4. The van der Waals surface area contributed by atoms with E-state index in [9.17, 15) is 14.7 Å². The Labute approximate surface area is 115 Å². The number of carbonyl (C=O) groups is 2. The fourth-order valence-electron chi connectivity index (χ4n) is 1.26. The lowest BCUT2D eigenvalue weighted by Crippen LogP contribution is -2.36. The highest BCUT2D eigenvalue weighted by Gasteiger charge is 2.15. The fourth-order valence-corrected chi connectivity index (χ4v) is 1.46. The van der Waals surface area contributed by atoms with Crippen molar-refractivity contribution in [2.24, 2.45) is 0 Å². The van der Waals surface area contributed by atoms with E-state index in [-0.39, 0.29) is 6.54 Å². The Balaban J connectivity index is 2.45. The van der Waals surface area contributed by atoms with Crippen LogP contribution in [0.2, 0.25) is 5.02 Å². The summed E-state index contributed by atoms with van der Waals surface area (Å²) in [5.41, 5.74) is 0.774. The normalized spacial score (nSPS) is 12.2. The highest BCUT2D eigenvalue weighted by molar-refractivity contribution is 6.30. The highest BCUT2D eigenvalue weighted by Crippen LogP contribution is 2.11. The summed E-state index contributed by atoms with van der Waals surface area (Å²) in [5.74, 6) is -1.22. The van der Waals surface area contributed by atoms with Gasteiger partial charge in [-0.05, 0) is 23.8 Å². The van der Waals surface area contributed by atoms with Gasteiger partial charge in [-0.25, -0.2) is 4.79 Å². The molecule has 2 N–H and O–H groups in total. The van der Waals surface area contributed by atoms with Crippen molar-refractivity contribution in [3.8, 4) is 0 Å². The van der Waals surface area contributed by atoms with Gasteiger partial charge >= 0.3 is 5.97 Å². The van der Waals surface area contributed by atoms with Gasteiger partial charge in [-0.2, -0.15) is 0 Å². The third-order valence-corrected chi connectivity index (χ3v) is 2.45. The molecule has 0 heterocycles. The molecule has 1 aromatic rings. The van der Waals surface area contributed by atoms with Gasteiger partial charge in [0.1, 0.15) is 0 Å². The molecule has 1 rings (SSSR count). The van der Waals surface area contributed by atoms with Crippen molar-refractivity contribution in [2.45, 2.75) is 6.10 Å². The first-order valence-corrected chi connectivity index (χ1v) is 5.88. The molecule has 1 atom stereocenters. The SMILES string of the molecule is COC(=O)C(O)CNC(=O)/C=C/c1cccc(Cl)c1. The van der Waals surface area contributed by atoms with Gasteiger partial charge in [0.15, 0.2) is 6.10 Å². The summed E-state index contributed by atoms with van der Waals surface area (Å²) >= 11 is 5.79. The molecule has 0 saturated carbocycles. The lowest BCUT2D eigenvalue weighted by molar-refractivity contribution is -0.150. The highest BCUT2D eigenvalue weighted by atomic mass is 35.5. The molecular formula is C13H14ClNO4. The average Bonchev–Trinajstić information content (AvgIpc) is 2.41. The van der Waals surface area contributed by atoms with Crippen LogP contribution in [-0.4, -0.2) is 36.7 Å². The Morgan fingerprint density at radius 1 is 1.53 bits per heavy atom. The summed E-state index contributed by atoms with van der Waals surface area (Å²) < 4.78 is 4.31. The van der Waals surface area contributed by atoms with Crippen LogP contribution in [0.1, 0.15) is 5.56 Å². The van der Waals surface area contributed by atoms with E-state index in [4.69, 9.17) is 11.6 Å². The standard InChI is InChI=1S/C13H14ClNO4/c1-19-13(18)11(16)8-15-12(17)6-5-9-3-2-4-10(14)7-9/h2-7,11,16H,8H2,1H3,(H,15,17)/b6-5+. The molecule has 1 aromatic carbocycles. The molecule has 0 bridgehead atoms. The lowest BCUT2D eigenvalue weighted by Gasteiger charge is -2.07. The van der Waals surface area contributed by atoms with E-state index in [0.717, 1.165) is 12.7 Å². The van der Waals surface area contributed by atoms with Crippen molar-refractivity contribution in [3.63, 3.8) is 0 Å². The monoisotopic (exact) mass is 283 g/mol. The molecule has 0 saturated heterocycles. The number of carbonyl (C=O) groups excluding carboxylic acids is 2. The summed E-state index contributed by atoms with van der Waals surface area (Å²) in [5, 5.41) is 12.2. The minimum Gasteiger partial charge on any atom is -0.467 e. The van der Waals surface area contributed by atoms with Crippen molar-refractivity contribution in [3.05, 3.63) is 40.9 Å². The molecule has 0 fully saturated rings. The molecule has 6 heteroatoms. The Morgan fingerprint density at radius 3 is 2.89 bits per heavy atom. The van der Waals surface area contributed by atoms with E-state index >= 15 is 0 Å². The van der Waals surface area contributed by atoms with Crippen molar-refractivity contribution in [2.75, 3.05) is 13.7 Å². The van der Waals surface area contributed by atoms with E-state index in [1.54, 1.807) is 30.3 Å². The third kappa shape index (κ3) is 5.54. The van der Waals surface area contributed by atoms with Gasteiger partial charge in [0.05, 0.1) is 13.7 Å². The number of hydrogen-bond donors (Lipinski definition) is 2. The topological polar surface area (TPSA) is 75.6 Å². The minimum atomic E-state index is -1.37. The van der Waals surface area contributed by atoms with E-state index in [0.29, 0.717) is 5.02 Å². The van der Waals surface area contributed by atoms with Gasteiger partial charge in [0.25, 0.3) is 0 Å². The summed E-state index contributed by atoms with van der Waals surface area (Å²) in [6.07, 6.45) is 1.50. The van der Waals surface area contributed by atoms with Crippen LogP contribution in [0.25, 0.3) is 6.08 Å². The third-order valence-electron chi connectivity index (χ3n) is 2.22. The zero-order chi connectivity index (χ0) is 14.3. The molecule has 102 valence electrons. The number of aliphatic hydroxyl groups is 1. The van der Waals surface area contributed by atoms with Crippen LogP contribution in [0.4, 0.5) is 0 Å². The van der Waals surface area contributed by atoms with Gasteiger partial charge in [0, 0.05) is 11.1 Å². The van der Waals surface area contributed by atoms with E-state index < -0.39 is 18.0 Å². The Bertz CT molecular complexity index is 487. The number of methoxy groups -OCH3 is 1. The van der Waals surface area contributed by atoms with Crippen LogP contribution in [0.3, 0.4) is 0 Å². The Morgan fingerprint density at radius 2 is 2.26 bits per heavy atom. The number of esters is 1. The van der Waals surface area contributed by atoms with Gasteiger partial charge < -0.3 is 15.2 Å². The molecular weight excluding hydrogens is 270 g/mol. The predicted molar refractivity (Wildman–Crippen MR) is 71.5 cm³/mol. The van der Waals surface area contributed by atoms with Crippen LogP contribution in [-0.2, 0) is 14.3 Å². The number of aliphatic hydroxyl groups excluding tert-OH is 1. The molecule has 19 heavy (non-hydrogen) atoms. The van der Waals surface area contributed by atoms with Crippen molar-refractivity contribution in [1.29, 1.82) is 0 Å². The molecule has 0 aliphatic heterocycles. The largest absolute Gasteiger partial charge is 0.467 e. The molecule has 5 nitrogen and oxygen atoms in total. The number of nitrogens with one attached hydrogen (secondary N) is 1. The first kappa shape index (κ1) is 15.2. The molecule has 0 aromatic heterocycles. The fraction of sp³-hybridized carbons (Fsp3) is 0.231. The molecule has 0 aliphatic rings. The second-order valence-electron chi connectivity index (χ2n) is 3.67. The number of halogens is 1. The quantitative estimate of drug-likeness (QED) is 0.624. The summed E-state index contributed by atoms with van der Waals surface area (Å²) in [4.78, 5) is 22.3. The van der Waals surface area contributed by atoms with Gasteiger partial charge in [-0.15, -0.1) is 0 Å². The minimum absolute atomic E-state index is 0.203. The molecule has 1 unspecified atom stereocenters. The first-order chi connectivity index (χ1) is 9.02. The Hall–Kier alpha value is -1.85. The second kappa shape index (κ2) is 7.56. The zero-order valence-electron chi connectivity index (χ0n) is 10.3. The van der Waals surface area contributed by atoms with Crippen molar-refractivity contribution >= 4 is 29.6 Å². The number of rotatable bonds is 5. The second-order valence-corrected chi connectivity index (χ2v) is 4.11. The van der Waals surface area contributed by atoms with E-state index in [1.807, 2.05) is 0 Å². The van der Waals surface area contributed by atoms with E-state index in [1.165, 1.54) is 6.08 Å². The van der Waals surface area contributed by atoms with Crippen LogP contribution < -0.4 is 5.32 Å². The predicted octanol–water partition coefficient (Wildman–Crippen LogP) is 1.00. The number of hydrogen-bond acceptors (Lipinski definition) is 4. The molecule has 0 aliphatic carbocycles. The zero-order valence-corrected chi connectivity index (χ0v) is 11.1. The van der Waals surface area contributed by atoms with Crippen LogP contribution >= 0.6 is 11.6 Å². The van der Waals surface area contributed by atoms with Gasteiger partial charge in [-0.3, -0.25) is 4.79 Å². The van der Waals surface area contributed by atoms with Crippen LogP contribution in [0.5, 0.6) is 0 Å². The van der Waals surface area contributed by atoms with Crippen LogP contribution in [0.15, 0.2) is 30.3 Å². The smallest absolute Gasteiger partial charge is 0.336 e. The summed E-state index contributed by atoms with van der Waals surface area (Å²) in [6, 6.07) is 6.99. The number of benzene rings is 1. The Kier molecular flexibility index (Phi) is 6.05. The van der Waals surface area contributed by atoms with Gasteiger partial charge in [-0.1, -0.05) is 23.7 Å². The van der Waals surface area contributed by atoms with Crippen molar-refractivity contribution < 1.29 is 19.4 Å². The maximum Gasteiger partial charge on any atom is 0.336 e. The van der Waals surface area contributed by atoms with Gasteiger partial charge in [0.2, 0.25) is 5.91 Å². The molecule has 0 spiro atoms. The van der Waals surface area contributed by atoms with Crippen molar-refractivity contribution in [1.82, 2.24) is 5.32 Å². The summed E-state index contributed by atoms with van der Waals surface area (Å²) in [6.45, 7) is -0.203. The van der Waals surface area contributed by atoms with Crippen LogP contribution in [0, 0.1) is 0 Å². The summed E-state index contributed by atoms with van der Waals surface area (Å²) in [7, 11) is 1.16. The number of ether oxygens (including phenoxy) is 1. The number of amides is 1. The maximum absolute atomic E-state index is 11.4. The average molecular weight is 284 g/mol. The lowest BCUT2D eigenvalue weighted by atomic mass is 10.2.